The van der Waals surface area contributed by atoms with E-state index in [0.29, 0.717) is 11.8 Å². The topological polar surface area (TPSA) is 6.48 Å². The van der Waals surface area contributed by atoms with Crippen LogP contribution in [-0.4, -0.2) is 6.04 Å². The van der Waals surface area contributed by atoms with Gasteiger partial charge in [-0.05, 0) is 132 Å². The van der Waals surface area contributed by atoms with Gasteiger partial charge in [-0.1, -0.05) is 146 Å². The second-order valence-corrected chi connectivity index (χ2v) is 17.6. The molecule has 0 amide bonds. The Morgan fingerprint density at radius 1 is 0.644 bits per heavy atom. The molecule has 0 N–H and O–H groups in total. The smallest absolute Gasteiger partial charge is 0.0560 e. The average Bonchev–Trinajstić information content (AvgIpc) is 3.78. The average molecular weight is 763 g/mol. The minimum atomic E-state index is -0.249. The highest BCUT2D eigenvalue weighted by Gasteiger charge is 2.60. The van der Waals surface area contributed by atoms with Gasteiger partial charge in [0.15, 0.2) is 0 Å². The van der Waals surface area contributed by atoms with Crippen LogP contribution in [-0.2, 0) is 5.41 Å². The summed E-state index contributed by atoms with van der Waals surface area (Å²) in [6.07, 6.45) is 48.8. The van der Waals surface area contributed by atoms with Gasteiger partial charge in [0.1, 0.15) is 0 Å². The van der Waals surface area contributed by atoms with E-state index in [1.807, 2.05) is 0 Å². The van der Waals surface area contributed by atoms with Gasteiger partial charge in [0, 0.05) is 57.6 Å². The molecule has 2 nitrogen and oxygen atoms in total. The van der Waals surface area contributed by atoms with Crippen molar-refractivity contribution in [1.82, 2.24) is 0 Å². The summed E-state index contributed by atoms with van der Waals surface area (Å²) < 4.78 is 0. The normalized spacial score (nSPS) is 29.1. The molecule has 6 atom stereocenters. The molecule has 9 aliphatic rings. The van der Waals surface area contributed by atoms with E-state index in [0.717, 1.165) is 44.9 Å². The first-order chi connectivity index (χ1) is 29.3. The molecule has 6 unspecified atom stereocenters. The number of allylic oxidation sites excluding steroid dienone is 23. The summed E-state index contributed by atoms with van der Waals surface area (Å²) in [5.74, 6) is 1.30. The van der Waals surface area contributed by atoms with Crippen LogP contribution in [0.2, 0.25) is 0 Å². The molecule has 0 radical (unpaired) electrons. The fourth-order valence-electron chi connectivity index (χ4n) is 12.4. The predicted molar refractivity (Wildman–Crippen MR) is 245 cm³/mol. The zero-order valence-electron chi connectivity index (χ0n) is 33.6. The lowest BCUT2D eigenvalue weighted by molar-refractivity contribution is 0.422. The van der Waals surface area contributed by atoms with Gasteiger partial charge in [0.05, 0.1) is 6.04 Å². The molecule has 0 saturated carbocycles. The van der Waals surface area contributed by atoms with Gasteiger partial charge in [0.2, 0.25) is 0 Å². The summed E-state index contributed by atoms with van der Waals surface area (Å²) >= 11 is 0. The van der Waals surface area contributed by atoms with E-state index in [2.05, 4.69) is 198 Å². The molecule has 9 aliphatic carbocycles. The monoisotopic (exact) mass is 762 g/mol. The standard InChI is InChI=1S/C57H50N2/c1-4-18-41(19-5-1)58(44-34-33-40-32-31-39-17-10-11-24-46(39)50(40)37-44)45-35-36-48-47-25-12-14-27-51(47)57(54(48)38-45)52-28-15-13-26-49(52)56-53(57)29-16-30-55(56)59(42-20-6-2-7-21-42)43-22-8-3-9-23-43/h1-2,4-8,10-11,13-24,26-32,35-37,39,45-46,53,56H,3,9,12,25,33-34,38H2. The van der Waals surface area contributed by atoms with E-state index in [9.17, 15) is 0 Å². The Morgan fingerprint density at radius 2 is 1.46 bits per heavy atom. The number of para-hydroxylation sites is 2. The third-order valence-corrected chi connectivity index (χ3v) is 14.7. The Bertz CT molecular complexity index is 2660. The van der Waals surface area contributed by atoms with Gasteiger partial charge >= 0.3 is 0 Å². The largest absolute Gasteiger partial charge is 0.338 e. The number of fused-ring (bicyclic) bond motifs is 10. The van der Waals surface area contributed by atoms with Crippen molar-refractivity contribution in [3.63, 3.8) is 0 Å². The van der Waals surface area contributed by atoms with Crippen LogP contribution in [0.4, 0.5) is 11.4 Å². The molecular weight excluding hydrogens is 713 g/mol. The van der Waals surface area contributed by atoms with Crippen molar-refractivity contribution in [3.8, 4) is 0 Å². The fraction of sp³-hybridized carbons (Fsp3) is 0.228. The molecule has 0 heterocycles. The second kappa shape index (κ2) is 14.0. The number of hydrogen-bond donors (Lipinski definition) is 0. The highest BCUT2D eigenvalue weighted by atomic mass is 15.2. The molecular formula is C57H50N2. The fourth-order valence-corrected chi connectivity index (χ4v) is 12.4. The zero-order chi connectivity index (χ0) is 38.9. The molecule has 0 fully saturated rings. The molecule has 3 aromatic rings. The molecule has 2 heteroatoms. The summed E-state index contributed by atoms with van der Waals surface area (Å²) in [5.41, 5.74) is 18.6. The van der Waals surface area contributed by atoms with Gasteiger partial charge in [-0.2, -0.15) is 0 Å². The Labute approximate surface area is 349 Å². The van der Waals surface area contributed by atoms with Crippen LogP contribution in [0.1, 0.15) is 62.0 Å². The van der Waals surface area contributed by atoms with Crippen LogP contribution in [0.3, 0.4) is 0 Å². The van der Waals surface area contributed by atoms with E-state index in [-0.39, 0.29) is 23.3 Å². The minimum absolute atomic E-state index is 0.190. The van der Waals surface area contributed by atoms with E-state index in [4.69, 9.17) is 0 Å². The minimum Gasteiger partial charge on any atom is -0.338 e. The molecule has 0 aliphatic heterocycles. The van der Waals surface area contributed by atoms with Crippen molar-refractivity contribution in [2.24, 2.45) is 17.8 Å². The Hall–Kier alpha value is -6.12. The van der Waals surface area contributed by atoms with Crippen LogP contribution in [0.15, 0.2) is 239 Å². The van der Waals surface area contributed by atoms with Crippen LogP contribution in [0.5, 0.6) is 0 Å². The first-order valence-electron chi connectivity index (χ1n) is 22.1. The van der Waals surface area contributed by atoms with Crippen molar-refractivity contribution >= 4 is 11.4 Å². The molecule has 0 saturated heterocycles. The first-order valence-corrected chi connectivity index (χ1v) is 22.1. The Morgan fingerprint density at radius 3 is 2.32 bits per heavy atom. The number of rotatable bonds is 6. The maximum absolute atomic E-state index is 2.72. The molecule has 0 aromatic heterocycles. The number of benzene rings is 3. The molecule has 0 bridgehead atoms. The van der Waals surface area contributed by atoms with Crippen LogP contribution < -0.4 is 9.80 Å². The highest BCUT2D eigenvalue weighted by Crippen LogP contribution is 2.68. The highest BCUT2D eigenvalue weighted by molar-refractivity contribution is 5.77. The molecule has 288 valence electrons. The summed E-state index contributed by atoms with van der Waals surface area (Å²) in [5, 5.41) is 0. The van der Waals surface area contributed by atoms with Gasteiger partial charge in [0.25, 0.3) is 0 Å². The molecule has 1 spiro atoms. The van der Waals surface area contributed by atoms with Crippen molar-refractivity contribution < 1.29 is 0 Å². The lowest BCUT2D eigenvalue weighted by atomic mass is 9.61. The second-order valence-electron chi connectivity index (χ2n) is 17.6. The Balaban J connectivity index is 0.997. The van der Waals surface area contributed by atoms with Crippen molar-refractivity contribution in [1.29, 1.82) is 0 Å². The maximum Gasteiger partial charge on any atom is 0.0560 e. The van der Waals surface area contributed by atoms with Crippen molar-refractivity contribution in [2.75, 3.05) is 9.80 Å². The van der Waals surface area contributed by atoms with E-state index in [1.165, 1.54) is 56.3 Å². The summed E-state index contributed by atoms with van der Waals surface area (Å²) in [6, 6.07) is 32.1. The van der Waals surface area contributed by atoms with Gasteiger partial charge in [-0.15, -0.1) is 0 Å². The summed E-state index contributed by atoms with van der Waals surface area (Å²) in [6.45, 7) is 0. The van der Waals surface area contributed by atoms with Gasteiger partial charge in [-0.3, -0.25) is 0 Å². The third-order valence-electron chi connectivity index (χ3n) is 14.7. The SMILES string of the molecule is C1=CC2C=CC3=C(C=C(N(c4ccccc4)C4C=CC5=C(C4)C4(C6=C5CCC=C6)c5ccccc5C5C(N(C6=CCCC=C6)c6ccccc6)=CC=CC54)CC3)C2C=C1. The van der Waals surface area contributed by atoms with Gasteiger partial charge in [-0.25, -0.2) is 0 Å². The maximum atomic E-state index is 2.72. The molecule has 12 rings (SSSR count). The quantitative estimate of drug-likeness (QED) is 0.247. The predicted octanol–water partition coefficient (Wildman–Crippen LogP) is 13.5. The van der Waals surface area contributed by atoms with Crippen LogP contribution >= 0.6 is 0 Å². The summed E-state index contributed by atoms with van der Waals surface area (Å²) in [7, 11) is 0. The van der Waals surface area contributed by atoms with Crippen LogP contribution in [0.25, 0.3) is 0 Å². The molecule has 59 heavy (non-hydrogen) atoms. The van der Waals surface area contributed by atoms with E-state index < -0.39 is 0 Å². The lowest BCUT2D eigenvalue weighted by Gasteiger charge is -2.45. The lowest BCUT2D eigenvalue weighted by Crippen LogP contribution is -2.42. The van der Waals surface area contributed by atoms with Crippen LogP contribution in [0, 0.1) is 17.8 Å². The first kappa shape index (κ1) is 34.9. The third kappa shape index (κ3) is 5.31. The van der Waals surface area contributed by atoms with E-state index >= 15 is 0 Å². The number of hydrogen-bond acceptors (Lipinski definition) is 2. The van der Waals surface area contributed by atoms with Crippen molar-refractivity contribution in [2.45, 2.75) is 62.3 Å². The Kier molecular flexibility index (Phi) is 8.29. The van der Waals surface area contributed by atoms with Crippen molar-refractivity contribution in [3.05, 3.63) is 250 Å². The summed E-state index contributed by atoms with van der Waals surface area (Å²) in [4.78, 5) is 5.30. The number of nitrogens with zero attached hydrogens (tertiary/aromatic N) is 2. The van der Waals surface area contributed by atoms with Gasteiger partial charge < -0.3 is 9.80 Å². The van der Waals surface area contributed by atoms with E-state index in [1.54, 1.807) is 16.7 Å². The molecule has 3 aromatic carbocycles. The number of anilines is 2. The zero-order valence-corrected chi connectivity index (χ0v) is 33.6.